The topological polar surface area (TPSA) is 24.9 Å². The van der Waals surface area contributed by atoms with Crippen LogP contribution in [0.15, 0.2) is 16.6 Å². The van der Waals surface area contributed by atoms with Crippen molar-refractivity contribution in [2.75, 3.05) is 7.05 Å². The van der Waals surface area contributed by atoms with E-state index in [-0.39, 0.29) is 0 Å². The summed E-state index contributed by atoms with van der Waals surface area (Å²) in [6.45, 7) is 7.38. The zero-order chi connectivity index (χ0) is 14.7. The second kappa shape index (κ2) is 6.83. The summed E-state index contributed by atoms with van der Waals surface area (Å²) in [7, 11) is 1.99. The summed E-state index contributed by atoms with van der Waals surface area (Å²) in [6, 6.07) is 4.43. The van der Waals surface area contributed by atoms with Crippen LogP contribution < -0.4 is 5.32 Å². The van der Waals surface area contributed by atoms with E-state index in [0.717, 1.165) is 24.4 Å². The minimum absolute atomic E-state index is 0.904. The molecule has 2 aromatic rings. The smallest absolute Gasteiger partial charge is 0.123 e. The third kappa shape index (κ3) is 3.30. The van der Waals surface area contributed by atoms with Gasteiger partial charge < -0.3 is 5.32 Å². The van der Waals surface area contributed by atoms with E-state index in [1.807, 2.05) is 18.4 Å². The molecule has 0 bridgehead atoms. The van der Waals surface area contributed by atoms with Crippen LogP contribution in [0, 0.1) is 13.8 Å². The molecule has 2 nitrogen and oxygen atoms in total. The van der Waals surface area contributed by atoms with Crippen molar-refractivity contribution >= 4 is 27.3 Å². The Morgan fingerprint density at radius 2 is 1.90 bits per heavy atom. The number of benzene rings is 1. The number of rotatable bonds is 5. The summed E-state index contributed by atoms with van der Waals surface area (Å²) < 4.78 is 1.20. The second-order valence-corrected chi connectivity index (χ2v) is 6.97. The highest BCUT2D eigenvalue weighted by Crippen LogP contribution is 2.33. The minimum atomic E-state index is 0.904. The van der Waals surface area contributed by atoms with Crippen molar-refractivity contribution in [3.05, 3.63) is 38.3 Å². The SMILES string of the molecule is CCCc1nc(-c2cc(C)c(Br)c(C)c2)sc1CNC. The van der Waals surface area contributed by atoms with Gasteiger partial charge in [0.1, 0.15) is 5.01 Å². The summed E-state index contributed by atoms with van der Waals surface area (Å²) >= 11 is 5.44. The quantitative estimate of drug-likeness (QED) is 0.830. The van der Waals surface area contributed by atoms with E-state index in [1.165, 1.54) is 31.7 Å². The van der Waals surface area contributed by atoms with Gasteiger partial charge in [0.15, 0.2) is 0 Å². The molecule has 0 unspecified atom stereocenters. The molecule has 0 spiro atoms. The van der Waals surface area contributed by atoms with E-state index in [9.17, 15) is 0 Å². The van der Waals surface area contributed by atoms with Gasteiger partial charge in [0.2, 0.25) is 0 Å². The summed E-state index contributed by atoms with van der Waals surface area (Å²) in [5.74, 6) is 0. The van der Waals surface area contributed by atoms with Crippen LogP contribution in [0.1, 0.15) is 35.0 Å². The first kappa shape index (κ1) is 15.7. The zero-order valence-electron chi connectivity index (χ0n) is 12.5. The normalized spacial score (nSPS) is 11.1. The minimum Gasteiger partial charge on any atom is -0.315 e. The first-order valence-corrected chi connectivity index (χ1v) is 8.58. The molecule has 0 radical (unpaired) electrons. The summed E-state index contributed by atoms with van der Waals surface area (Å²) in [6.07, 6.45) is 2.19. The highest BCUT2D eigenvalue weighted by molar-refractivity contribution is 9.10. The van der Waals surface area contributed by atoms with Crippen LogP contribution in [0.2, 0.25) is 0 Å². The van der Waals surface area contributed by atoms with E-state index >= 15 is 0 Å². The summed E-state index contributed by atoms with van der Waals surface area (Å²) in [5, 5.41) is 4.38. The molecule has 0 atom stereocenters. The van der Waals surface area contributed by atoms with Crippen LogP contribution in [-0.2, 0) is 13.0 Å². The van der Waals surface area contributed by atoms with Gasteiger partial charge in [-0.05, 0) is 50.6 Å². The zero-order valence-corrected chi connectivity index (χ0v) is 14.9. The van der Waals surface area contributed by atoms with E-state index in [2.05, 4.69) is 54.2 Å². The maximum atomic E-state index is 4.86. The maximum absolute atomic E-state index is 4.86. The molecule has 1 heterocycles. The predicted octanol–water partition coefficient (Wildman–Crippen LogP) is 4.86. The number of nitrogens with one attached hydrogen (secondary N) is 1. The molecular formula is C16H21BrN2S. The Morgan fingerprint density at radius 3 is 2.45 bits per heavy atom. The molecular weight excluding hydrogens is 332 g/mol. The van der Waals surface area contributed by atoms with Crippen molar-refractivity contribution in [3.63, 3.8) is 0 Å². The highest BCUT2D eigenvalue weighted by atomic mass is 79.9. The highest BCUT2D eigenvalue weighted by Gasteiger charge is 2.13. The lowest BCUT2D eigenvalue weighted by Gasteiger charge is -2.05. The fourth-order valence-corrected chi connectivity index (χ4v) is 3.64. The van der Waals surface area contributed by atoms with Gasteiger partial charge in [-0.1, -0.05) is 29.3 Å². The summed E-state index contributed by atoms with van der Waals surface area (Å²) in [5.41, 5.74) is 5.01. The van der Waals surface area contributed by atoms with Gasteiger partial charge in [0.05, 0.1) is 5.69 Å². The molecule has 1 aromatic heterocycles. The van der Waals surface area contributed by atoms with Crippen molar-refractivity contribution in [1.82, 2.24) is 10.3 Å². The Hall–Kier alpha value is -0.710. The Labute approximate surface area is 133 Å². The Balaban J connectivity index is 2.44. The van der Waals surface area contributed by atoms with Gasteiger partial charge in [0.25, 0.3) is 0 Å². The Morgan fingerprint density at radius 1 is 1.25 bits per heavy atom. The van der Waals surface area contributed by atoms with Crippen LogP contribution in [0.5, 0.6) is 0 Å². The summed E-state index contributed by atoms with van der Waals surface area (Å²) in [4.78, 5) is 6.23. The second-order valence-electron chi connectivity index (χ2n) is 5.09. The molecule has 2 rings (SSSR count). The van der Waals surface area contributed by atoms with Crippen molar-refractivity contribution in [2.24, 2.45) is 0 Å². The number of thiazole rings is 1. The number of halogens is 1. The van der Waals surface area contributed by atoms with Crippen molar-refractivity contribution < 1.29 is 0 Å². The lowest BCUT2D eigenvalue weighted by atomic mass is 10.1. The number of nitrogens with zero attached hydrogens (tertiary/aromatic N) is 1. The van der Waals surface area contributed by atoms with Gasteiger partial charge in [-0.15, -0.1) is 11.3 Å². The van der Waals surface area contributed by atoms with Crippen LogP contribution in [-0.4, -0.2) is 12.0 Å². The number of aryl methyl sites for hydroxylation is 3. The Kier molecular flexibility index (Phi) is 5.35. The first-order chi connectivity index (χ1) is 9.56. The van der Waals surface area contributed by atoms with Crippen LogP contribution in [0.25, 0.3) is 10.6 Å². The van der Waals surface area contributed by atoms with Crippen molar-refractivity contribution in [2.45, 2.75) is 40.2 Å². The third-order valence-electron chi connectivity index (χ3n) is 3.29. The predicted molar refractivity (Wildman–Crippen MR) is 91.5 cm³/mol. The fraction of sp³-hybridized carbons (Fsp3) is 0.438. The van der Waals surface area contributed by atoms with Crippen LogP contribution >= 0.6 is 27.3 Å². The van der Waals surface area contributed by atoms with Gasteiger partial charge in [-0.3, -0.25) is 0 Å². The molecule has 20 heavy (non-hydrogen) atoms. The fourth-order valence-electron chi connectivity index (χ4n) is 2.31. The molecule has 1 aromatic carbocycles. The average molecular weight is 353 g/mol. The van der Waals surface area contributed by atoms with Crippen LogP contribution in [0.3, 0.4) is 0 Å². The molecule has 4 heteroatoms. The largest absolute Gasteiger partial charge is 0.315 e. The van der Waals surface area contributed by atoms with Crippen molar-refractivity contribution in [3.8, 4) is 10.6 Å². The van der Waals surface area contributed by atoms with E-state index < -0.39 is 0 Å². The van der Waals surface area contributed by atoms with E-state index in [4.69, 9.17) is 4.98 Å². The lowest BCUT2D eigenvalue weighted by Crippen LogP contribution is -2.05. The molecule has 0 fully saturated rings. The molecule has 1 N–H and O–H groups in total. The molecule has 0 amide bonds. The van der Waals surface area contributed by atoms with E-state index in [1.54, 1.807) is 0 Å². The van der Waals surface area contributed by atoms with Crippen molar-refractivity contribution in [1.29, 1.82) is 0 Å². The van der Waals surface area contributed by atoms with Gasteiger partial charge in [-0.2, -0.15) is 0 Å². The average Bonchev–Trinajstić information content (AvgIpc) is 2.80. The van der Waals surface area contributed by atoms with Gasteiger partial charge in [0, 0.05) is 21.5 Å². The molecule has 0 saturated heterocycles. The molecule has 0 aliphatic heterocycles. The molecule has 0 aliphatic carbocycles. The van der Waals surface area contributed by atoms with Crippen LogP contribution in [0.4, 0.5) is 0 Å². The maximum Gasteiger partial charge on any atom is 0.123 e. The Bertz CT molecular complexity index is 558. The first-order valence-electron chi connectivity index (χ1n) is 6.97. The standard InChI is InChI=1S/C16H21BrN2S/c1-5-6-13-14(9-18-4)20-16(19-13)12-7-10(2)15(17)11(3)8-12/h7-8,18H,5-6,9H2,1-4H3. The molecule has 108 valence electrons. The monoisotopic (exact) mass is 352 g/mol. The molecule has 0 saturated carbocycles. The number of hydrogen-bond donors (Lipinski definition) is 1. The van der Waals surface area contributed by atoms with Gasteiger partial charge in [-0.25, -0.2) is 4.98 Å². The lowest BCUT2D eigenvalue weighted by molar-refractivity contribution is 0.798. The number of hydrogen-bond acceptors (Lipinski definition) is 3. The number of aromatic nitrogens is 1. The van der Waals surface area contributed by atoms with E-state index in [0.29, 0.717) is 0 Å². The molecule has 0 aliphatic rings. The van der Waals surface area contributed by atoms with Gasteiger partial charge >= 0.3 is 0 Å². The third-order valence-corrected chi connectivity index (χ3v) is 5.68.